The van der Waals surface area contributed by atoms with Crippen LogP contribution < -0.4 is 0 Å². The minimum Gasteiger partial charge on any atom is -0.103 e. The molecule has 0 N–H and O–H groups in total. The lowest BCUT2D eigenvalue weighted by molar-refractivity contribution is 1.15. The largest absolute Gasteiger partial charge is 0.103 e. The zero-order valence-corrected chi connectivity index (χ0v) is 8.35. The molecule has 0 saturated carbocycles. The molecular weight excluding hydrogens is 180 g/mol. The predicted molar refractivity (Wildman–Crippen MR) is 59.3 cm³/mol. The highest BCUT2D eigenvalue weighted by Gasteiger charge is 1.99. The maximum Gasteiger partial charge on any atom is 0.0409 e. The molecule has 0 heterocycles. The van der Waals surface area contributed by atoms with Gasteiger partial charge in [-0.1, -0.05) is 29.8 Å². The number of rotatable bonds is 4. The summed E-state index contributed by atoms with van der Waals surface area (Å²) in [7, 11) is 0. The first-order chi connectivity index (χ1) is 6.27. The van der Waals surface area contributed by atoms with E-state index in [-0.39, 0.29) is 0 Å². The second-order valence-corrected chi connectivity index (χ2v) is 3.34. The van der Waals surface area contributed by atoms with Crippen molar-refractivity contribution in [1.82, 2.24) is 0 Å². The SMILES string of the molecule is C=CCc1ccc(Cl)cc1CC=C. The van der Waals surface area contributed by atoms with Gasteiger partial charge in [0, 0.05) is 5.02 Å². The maximum absolute atomic E-state index is 5.89. The van der Waals surface area contributed by atoms with Crippen molar-refractivity contribution in [2.75, 3.05) is 0 Å². The van der Waals surface area contributed by atoms with Gasteiger partial charge in [-0.2, -0.15) is 0 Å². The molecule has 0 unspecified atom stereocenters. The molecule has 0 aliphatic rings. The number of halogens is 1. The second kappa shape index (κ2) is 4.88. The molecule has 0 radical (unpaired) electrons. The number of allylic oxidation sites excluding steroid dienone is 2. The first-order valence-electron chi connectivity index (χ1n) is 4.27. The maximum atomic E-state index is 5.89. The van der Waals surface area contributed by atoms with Crippen LogP contribution >= 0.6 is 11.6 Å². The Morgan fingerprint density at radius 1 is 1.08 bits per heavy atom. The fraction of sp³-hybridized carbons (Fsp3) is 0.167. The molecule has 0 aromatic heterocycles. The lowest BCUT2D eigenvalue weighted by Crippen LogP contribution is -1.90. The Morgan fingerprint density at radius 2 is 1.69 bits per heavy atom. The summed E-state index contributed by atoms with van der Waals surface area (Å²) in [5.41, 5.74) is 2.52. The van der Waals surface area contributed by atoms with E-state index in [0.29, 0.717) is 0 Å². The van der Waals surface area contributed by atoms with Gasteiger partial charge >= 0.3 is 0 Å². The van der Waals surface area contributed by atoms with Gasteiger partial charge in [-0.15, -0.1) is 13.2 Å². The summed E-state index contributed by atoms with van der Waals surface area (Å²) < 4.78 is 0. The van der Waals surface area contributed by atoms with Gasteiger partial charge in [-0.05, 0) is 36.1 Å². The van der Waals surface area contributed by atoms with Crippen LogP contribution in [0.25, 0.3) is 0 Å². The van der Waals surface area contributed by atoms with Gasteiger partial charge in [0.25, 0.3) is 0 Å². The van der Waals surface area contributed by atoms with Crippen molar-refractivity contribution < 1.29 is 0 Å². The topological polar surface area (TPSA) is 0 Å². The van der Waals surface area contributed by atoms with Crippen molar-refractivity contribution in [3.05, 3.63) is 59.7 Å². The second-order valence-electron chi connectivity index (χ2n) is 2.90. The standard InChI is InChI=1S/C12H13Cl/c1-3-5-10-7-8-12(13)9-11(10)6-4-2/h3-4,7-9H,1-2,5-6H2. The molecule has 0 aliphatic carbocycles. The Kier molecular flexibility index (Phi) is 3.78. The van der Waals surface area contributed by atoms with Crippen LogP contribution in [0.1, 0.15) is 11.1 Å². The molecule has 1 heteroatoms. The molecule has 0 bridgehead atoms. The average molecular weight is 193 g/mol. The quantitative estimate of drug-likeness (QED) is 0.637. The lowest BCUT2D eigenvalue weighted by atomic mass is 10.0. The fourth-order valence-corrected chi connectivity index (χ4v) is 1.49. The summed E-state index contributed by atoms with van der Waals surface area (Å²) in [6, 6.07) is 5.94. The third kappa shape index (κ3) is 2.74. The van der Waals surface area contributed by atoms with Crippen LogP contribution in [0.4, 0.5) is 0 Å². The summed E-state index contributed by atoms with van der Waals surface area (Å²) in [5, 5.41) is 0.782. The van der Waals surface area contributed by atoms with Crippen molar-refractivity contribution >= 4 is 11.6 Å². The van der Waals surface area contributed by atoms with E-state index in [2.05, 4.69) is 13.2 Å². The molecule has 13 heavy (non-hydrogen) atoms. The normalized spacial score (nSPS) is 9.62. The third-order valence-electron chi connectivity index (χ3n) is 1.90. The van der Waals surface area contributed by atoms with E-state index in [1.807, 2.05) is 30.4 Å². The van der Waals surface area contributed by atoms with Gasteiger partial charge in [-0.25, -0.2) is 0 Å². The van der Waals surface area contributed by atoms with Crippen molar-refractivity contribution in [1.29, 1.82) is 0 Å². The summed E-state index contributed by atoms with van der Waals surface area (Å²) in [6.45, 7) is 7.44. The van der Waals surface area contributed by atoms with Crippen LogP contribution in [0.3, 0.4) is 0 Å². The molecule has 1 aromatic rings. The molecule has 68 valence electrons. The fourth-order valence-electron chi connectivity index (χ4n) is 1.29. The Labute approximate surface area is 84.5 Å². The molecule has 0 amide bonds. The van der Waals surface area contributed by atoms with Crippen LogP contribution in [-0.4, -0.2) is 0 Å². The van der Waals surface area contributed by atoms with Crippen molar-refractivity contribution in [2.24, 2.45) is 0 Å². The smallest absolute Gasteiger partial charge is 0.0409 e. The lowest BCUT2D eigenvalue weighted by Gasteiger charge is -2.05. The summed E-state index contributed by atoms with van der Waals surface area (Å²) in [6.07, 6.45) is 5.54. The minimum atomic E-state index is 0.782. The molecule has 0 nitrogen and oxygen atoms in total. The molecule has 0 spiro atoms. The minimum absolute atomic E-state index is 0.782. The first kappa shape index (κ1) is 10.1. The van der Waals surface area contributed by atoms with E-state index in [0.717, 1.165) is 17.9 Å². The average Bonchev–Trinajstić information content (AvgIpc) is 2.10. The molecule has 0 atom stereocenters. The Balaban J connectivity index is 3.01. The number of hydrogen-bond donors (Lipinski definition) is 0. The molecule has 0 fully saturated rings. The third-order valence-corrected chi connectivity index (χ3v) is 2.13. The van der Waals surface area contributed by atoms with Gasteiger partial charge in [0.2, 0.25) is 0 Å². The van der Waals surface area contributed by atoms with E-state index in [4.69, 9.17) is 11.6 Å². The van der Waals surface area contributed by atoms with Crippen molar-refractivity contribution in [2.45, 2.75) is 12.8 Å². The Hall–Kier alpha value is -1.01. The van der Waals surface area contributed by atoms with Gasteiger partial charge in [-0.3, -0.25) is 0 Å². The number of benzene rings is 1. The highest BCUT2D eigenvalue weighted by atomic mass is 35.5. The van der Waals surface area contributed by atoms with E-state index in [1.165, 1.54) is 11.1 Å². The zero-order valence-electron chi connectivity index (χ0n) is 7.59. The van der Waals surface area contributed by atoms with E-state index >= 15 is 0 Å². The van der Waals surface area contributed by atoms with Gasteiger partial charge in [0.15, 0.2) is 0 Å². The highest BCUT2D eigenvalue weighted by Crippen LogP contribution is 2.17. The zero-order chi connectivity index (χ0) is 9.68. The summed E-state index contributed by atoms with van der Waals surface area (Å²) in [4.78, 5) is 0. The highest BCUT2D eigenvalue weighted by molar-refractivity contribution is 6.30. The van der Waals surface area contributed by atoms with Gasteiger partial charge in [0.1, 0.15) is 0 Å². The molecule has 0 aliphatic heterocycles. The summed E-state index contributed by atoms with van der Waals surface area (Å²) >= 11 is 5.89. The van der Waals surface area contributed by atoms with Crippen LogP contribution in [0, 0.1) is 0 Å². The number of hydrogen-bond acceptors (Lipinski definition) is 0. The van der Waals surface area contributed by atoms with E-state index in [9.17, 15) is 0 Å². The van der Waals surface area contributed by atoms with Crippen LogP contribution in [-0.2, 0) is 12.8 Å². The van der Waals surface area contributed by atoms with E-state index in [1.54, 1.807) is 0 Å². The van der Waals surface area contributed by atoms with Crippen molar-refractivity contribution in [3.8, 4) is 0 Å². The Bertz CT molecular complexity index is 313. The van der Waals surface area contributed by atoms with E-state index < -0.39 is 0 Å². The molecule has 0 saturated heterocycles. The van der Waals surface area contributed by atoms with Crippen LogP contribution in [0.2, 0.25) is 5.02 Å². The van der Waals surface area contributed by atoms with Crippen molar-refractivity contribution in [3.63, 3.8) is 0 Å². The predicted octanol–water partition coefficient (Wildman–Crippen LogP) is 3.80. The molecular formula is C12H13Cl. The molecule has 1 aromatic carbocycles. The van der Waals surface area contributed by atoms with Gasteiger partial charge < -0.3 is 0 Å². The Morgan fingerprint density at radius 3 is 2.31 bits per heavy atom. The monoisotopic (exact) mass is 192 g/mol. The van der Waals surface area contributed by atoms with Crippen LogP contribution in [0.15, 0.2) is 43.5 Å². The summed E-state index contributed by atoms with van der Waals surface area (Å²) in [5.74, 6) is 0. The van der Waals surface area contributed by atoms with Crippen LogP contribution in [0.5, 0.6) is 0 Å². The molecule has 1 rings (SSSR count). The first-order valence-corrected chi connectivity index (χ1v) is 4.65. The van der Waals surface area contributed by atoms with Gasteiger partial charge in [0.05, 0.1) is 0 Å².